The van der Waals surface area contributed by atoms with Gasteiger partial charge in [0.1, 0.15) is 11.9 Å². The minimum Gasteiger partial charge on any atom is -0.344 e. The van der Waals surface area contributed by atoms with E-state index in [-0.39, 0.29) is 17.1 Å². The minimum absolute atomic E-state index is 0.0666. The van der Waals surface area contributed by atoms with Gasteiger partial charge in [-0.3, -0.25) is 9.87 Å². The van der Waals surface area contributed by atoms with E-state index in [4.69, 9.17) is 14.0 Å². The van der Waals surface area contributed by atoms with Gasteiger partial charge in [0, 0.05) is 12.2 Å². The number of alkyl halides is 6. The second-order valence-electron chi connectivity index (χ2n) is 9.01. The lowest BCUT2D eigenvalue weighted by Gasteiger charge is -2.55. The molecule has 1 fully saturated rings. The van der Waals surface area contributed by atoms with Crippen molar-refractivity contribution in [3.63, 3.8) is 0 Å². The van der Waals surface area contributed by atoms with Crippen molar-refractivity contribution < 1.29 is 53.2 Å². The summed E-state index contributed by atoms with van der Waals surface area (Å²) in [6.45, 7) is 1.83. The van der Waals surface area contributed by atoms with Crippen molar-refractivity contribution in [1.82, 2.24) is 5.32 Å². The molecule has 2 N–H and O–H groups in total. The average Bonchev–Trinajstić information content (AvgIpc) is 2.89. The summed E-state index contributed by atoms with van der Waals surface area (Å²) >= 11 is 0. The third-order valence-corrected chi connectivity index (χ3v) is 7.12. The van der Waals surface area contributed by atoms with Crippen LogP contribution in [0.15, 0.2) is 83.8 Å². The van der Waals surface area contributed by atoms with Gasteiger partial charge in [-0.1, -0.05) is 60.2 Å². The molecule has 1 aliphatic rings. The van der Waals surface area contributed by atoms with Crippen molar-refractivity contribution in [3.05, 3.63) is 101 Å². The Hall–Kier alpha value is -3.04. The average molecular weight is 610 g/mol. The van der Waals surface area contributed by atoms with E-state index in [1.807, 2.05) is 6.92 Å². The number of hydrogen-bond donors (Lipinski definition) is 2. The van der Waals surface area contributed by atoms with E-state index in [2.05, 4.69) is 0 Å². The highest BCUT2D eigenvalue weighted by Crippen LogP contribution is 2.56. The van der Waals surface area contributed by atoms with Crippen LogP contribution in [0.3, 0.4) is 0 Å². The van der Waals surface area contributed by atoms with Gasteiger partial charge in [-0.25, -0.2) is 4.39 Å². The number of aryl methyl sites for hydroxylation is 1. The molecule has 1 heterocycles. The second kappa shape index (κ2) is 12.1. The molecule has 0 aliphatic carbocycles. The molecular formula is C27H26F7NO5S. The van der Waals surface area contributed by atoms with Crippen molar-refractivity contribution in [2.45, 2.75) is 48.5 Å². The molecule has 0 bridgehead atoms. The van der Waals surface area contributed by atoms with Gasteiger partial charge in [0.25, 0.3) is 10.1 Å². The second-order valence-corrected chi connectivity index (χ2v) is 10.4. The van der Waals surface area contributed by atoms with Crippen molar-refractivity contribution in [3.8, 4) is 0 Å². The molecule has 224 valence electrons. The molecule has 6 nitrogen and oxygen atoms in total. The van der Waals surface area contributed by atoms with Crippen LogP contribution in [-0.4, -0.2) is 44.6 Å². The van der Waals surface area contributed by atoms with E-state index in [0.717, 1.165) is 29.8 Å². The molecule has 0 saturated carbocycles. The van der Waals surface area contributed by atoms with Gasteiger partial charge < -0.3 is 9.47 Å². The zero-order valence-electron chi connectivity index (χ0n) is 21.6. The van der Waals surface area contributed by atoms with E-state index >= 15 is 0 Å². The molecule has 1 saturated heterocycles. The zero-order valence-corrected chi connectivity index (χ0v) is 22.4. The topological polar surface area (TPSA) is 84.9 Å². The molecule has 3 unspecified atom stereocenters. The number of hydrogen-bond acceptors (Lipinski definition) is 5. The van der Waals surface area contributed by atoms with Gasteiger partial charge in [-0.2, -0.15) is 34.8 Å². The Balaban J connectivity index is 0.000000352. The van der Waals surface area contributed by atoms with Crippen LogP contribution >= 0.6 is 0 Å². The molecular weight excluding hydrogens is 583 g/mol. The Morgan fingerprint density at radius 1 is 0.927 bits per heavy atom. The molecule has 1 aliphatic heterocycles. The van der Waals surface area contributed by atoms with Gasteiger partial charge in [0.15, 0.2) is 5.54 Å². The fourth-order valence-electron chi connectivity index (χ4n) is 4.39. The maximum Gasteiger partial charge on any atom is 0.416 e. The summed E-state index contributed by atoms with van der Waals surface area (Å²) in [5, 5.41) is 1.73. The normalized spacial score (nSPS) is 23.4. The highest BCUT2D eigenvalue weighted by atomic mass is 32.2. The number of ether oxygens (including phenoxy) is 2. The Bertz CT molecular complexity index is 1400. The number of rotatable bonds is 5. The molecule has 4 rings (SSSR count). The van der Waals surface area contributed by atoms with E-state index in [1.54, 1.807) is 17.4 Å². The number of nitrogens with one attached hydrogen (secondary N) is 1. The highest BCUT2D eigenvalue weighted by Gasteiger charge is 2.74. The molecule has 0 amide bonds. The number of halogens is 7. The number of benzene rings is 3. The third kappa shape index (κ3) is 6.72. The molecule has 3 aromatic rings. The van der Waals surface area contributed by atoms with Crippen molar-refractivity contribution in [2.75, 3.05) is 13.2 Å². The summed E-state index contributed by atoms with van der Waals surface area (Å²) in [4.78, 5) is -0.0666. The lowest BCUT2D eigenvalue weighted by molar-refractivity contribution is -0.392. The van der Waals surface area contributed by atoms with Crippen molar-refractivity contribution in [1.29, 1.82) is 0 Å². The van der Waals surface area contributed by atoms with Crippen molar-refractivity contribution in [2.24, 2.45) is 0 Å². The quantitative estimate of drug-likeness (QED) is 0.262. The lowest BCUT2D eigenvalue weighted by atomic mass is 9.75. The molecule has 41 heavy (non-hydrogen) atoms. The summed E-state index contributed by atoms with van der Waals surface area (Å²) in [6, 6.07) is 13.3. The molecule has 0 radical (unpaired) electrons. The standard InChI is InChI=1S/C20H18F7NO2.C7H8O3S/c1-2-29-18(14-6-4-3-5-7-14)17(20(25,26)27,13-8-10-15(21)11-9-13)28-16(12-30-18)19(22,23)24;1-6-2-4-7(5-3-6)11(8,9)10/h3-11,16,28H,2,12H2,1H3;2-5H,1H3,(H,8,9,10). The van der Waals surface area contributed by atoms with Gasteiger partial charge in [-0.05, 0) is 43.7 Å². The molecule has 0 spiro atoms. The molecule has 3 aromatic carbocycles. The Morgan fingerprint density at radius 3 is 1.95 bits per heavy atom. The van der Waals surface area contributed by atoms with E-state index < -0.39 is 57.8 Å². The highest BCUT2D eigenvalue weighted by molar-refractivity contribution is 7.85. The predicted octanol–water partition coefficient (Wildman–Crippen LogP) is 6.27. The third-order valence-electron chi connectivity index (χ3n) is 6.26. The van der Waals surface area contributed by atoms with Crippen LogP contribution in [0.25, 0.3) is 0 Å². The van der Waals surface area contributed by atoms with Crippen LogP contribution in [0.5, 0.6) is 0 Å². The van der Waals surface area contributed by atoms with Crippen LogP contribution in [0.4, 0.5) is 30.7 Å². The van der Waals surface area contributed by atoms with E-state index in [0.29, 0.717) is 0 Å². The summed E-state index contributed by atoms with van der Waals surface area (Å²) in [5.41, 5.74) is -3.34. The Kier molecular flexibility index (Phi) is 9.55. The molecule has 0 aromatic heterocycles. The Labute approximate surface area is 231 Å². The van der Waals surface area contributed by atoms with Crippen LogP contribution in [-0.2, 0) is 30.9 Å². The first-order valence-electron chi connectivity index (χ1n) is 12.0. The van der Waals surface area contributed by atoms with E-state index in [9.17, 15) is 39.2 Å². The molecule has 3 atom stereocenters. The molecule has 14 heteroatoms. The van der Waals surface area contributed by atoms with E-state index in [1.165, 1.54) is 49.4 Å². The van der Waals surface area contributed by atoms with Crippen LogP contribution in [0, 0.1) is 12.7 Å². The summed E-state index contributed by atoms with van der Waals surface area (Å²) < 4.78 is 139. The first kappa shape index (κ1) is 32.5. The van der Waals surface area contributed by atoms with Crippen LogP contribution in [0.2, 0.25) is 0 Å². The largest absolute Gasteiger partial charge is 0.416 e. The summed E-state index contributed by atoms with van der Waals surface area (Å²) in [5.74, 6) is -3.54. The monoisotopic (exact) mass is 609 g/mol. The fourth-order valence-corrected chi connectivity index (χ4v) is 4.87. The predicted molar refractivity (Wildman–Crippen MR) is 134 cm³/mol. The first-order valence-corrected chi connectivity index (χ1v) is 13.5. The van der Waals surface area contributed by atoms with Gasteiger partial charge in [-0.15, -0.1) is 0 Å². The summed E-state index contributed by atoms with van der Waals surface area (Å²) in [7, 11) is -4.02. The summed E-state index contributed by atoms with van der Waals surface area (Å²) in [6.07, 6.45) is -10.4. The fraction of sp³-hybridized carbons (Fsp3) is 0.333. The lowest BCUT2D eigenvalue weighted by Crippen LogP contribution is -2.75. The maximum absolute atomic E-state index is 14.8. The minimum atomic E-state index is -5.33. The van der Waals surface area contributed by atoms with Gasteiger partial charge >= 0.3 is 12.4 Å². The van der Waals surface area contributed by atoms with Crippen LogP contribution in [0.1, 0.15) is 23.6 Å². The Morgan fingerprint density at radius 2 is 1.49 bits per heavy atom. The van der Waals surface area contributed by atoms with Crippen LogP contribution < -0.4 is 5.32 Å². The van der Waals surface area contributed by atoms with Crippen molar-refractivity contribution >= 4 is 10.1 Å². The maximum atomic E-state index is 14.8. The zero-order chi connectivity index (χ0) is 30.7. The number of morpholine rings is 1. The van der Waals surface area contributed by atoms with Gasteiger partial charge in [0.2, 0.25) is 5.79 Å². The first-order chi connectivity index (χ1) is 19.0. The smallest absolute Gasteiger partial charge is 0.344 e. The SMILES string of the molecule is CCOC1(c2ccccc2)OCC(C(F)(F)F)NC1(c1ccc(F)cc1)C(F)(F)F.Cc1ccc(S(=O)(=O)O)cc1. The van der Waals surface area contributed by atoms with Gasteiger partial charge in [0.05, 0.1) is 11.5 Å².